The minimum absolute atomic E-state index is 0.129. The summed E-state index contributed by atoms with van der Waals surface area (Å²) < 4.78 is 12.7. The van der Waals surface area contributed by atoms with Crippen LogP contribution in [0.5, 0.6) is 0 Å². The predicted molar refractivity (Wildman–Crippen MR) is 80.2 cm³/mol. The number of halogens is 1. The van der Waals surface area contributed by atoms with Gasteiger partial charge in [-0.25, -0.2) is 9.18 Å². The molecule has 0 saturated carbocycles. The molecule has 0 spiro atoms. The Morgan fingerprint density at radius 3 is 2.60 bits per heavy atom. The summed E-state index contributed by atoms with van der Waals surface area (Å²) in [4.78, 5) is 11.6. The Labute approximate surface area is 121 Å². The number of benzene rings is 1. The van der Waals surface area contributed by atoms with Crippen molar-refractivity contribution < 1.29 is 9.18 Å². The normalized spacial score (nSPS) is 11.9. The van der Waals surface area contributed by atoms with Crippen molar-refractivity contribution in [3.8, 4) is 0 Å². The van der Waals surface area contributed by atoms with Crippen molar-refractivity contribution in [2.24, 2.45) is 0 Å². The summed E-state index contributed by atoms with van der Waals surface area (Å²) in [6.45, 7) is 4.74. The predicted octanol–water partition coefficient (Wildman–Crippen LogP) is 3.64. The average molecular weight is 280 g/mol. The fourth-order valence-corrected chi connectivity index (χ4v) is 2.02. The van der Waals surface area contributed by atoms with Crippen LogP contribution in [0.4, 0.5) is 9.18 Å². The lowest BCUT2D eigenvalue weighted by Gasteiger charge is -2.14. The third-order valence-corrected chi connectivity index (χ3v) is 3.23. The van der Waals surface area contributed by atoms with Gasteiger partial charge in [-0.05, 0) is 37.5 Å². The molecule has 1 unspecified atom stereocenters. The summed E-state index contributed by atoms with van der Waals surface area (Å²) in [5, 5.41) is 5.75. The van der Waals surface area contributed by atoms with Crippen LogP contribution >= 0.6 is 0 Å². The van der Waals surface area contributed by atoms with Gasteiger partial charge in [0.15, 0.2) is 0 Å². The maximum absolute atomic E-state index is 12.7. The number of amides is 2. The van der Waals surface area contributed by atoms with Gasteiger partial charge in [0, 0.05) is 12.6 Å². The molecule has 0 heterocycles. The molecule has 2 N–H and O–H groups in total. The fraction of sp³-hybridized carbons (Fsp3) is 0.562. The van der Waals surface area contributed by atoms with Crippen molar-refractivity contribution in [2.45, 2.75) is 52.0 Å². The Morgan fingerprint density at radius 2 is 1.95 bits per heavy atom. The van der Waals surface area contributed by atoms with E-state index in [2.05, 4.69) is 17.6 Å². The first kappa shape index (κ1) is 16.5. The standard InChI is InChI=1S/C16H25FN2O/c1-3-4-5-6-13(2)19-16(20)18-12-11-14-7-9-15(17)10-8-14/h7-10,13H,3-6,11-12H2,1-2H3,(H2,18,19,20). The Bertz CT molecular complexity index is 392. The molecule has 0 aliphatic heterocycles. The summed E-state index contributed by atoms with van der Waals surface area (Å²) in [7, 11) is 0. The smallest absolute Gasteiger partial charge is 0.315 e. The lowest BCUT2D eigenvalue weighted by atomic mass is 10.1. The molecule has 20 heavy (non-hydrogen) atoms. The van der Waals surface area contributed by atoms with Crippen molar-refractivity contribution in [1.29, 1.82) is 0 Å². The van der Waals surface area contributed by atoms with E-state index in [1.54, 1.807) is 12.1 Å². The van der Waals surface area contributed by atoms with Crippen molar-refractivity contribution in [2.75, 3.05) is 6.54 Å². The molecule has 0 aromatic heterocycles. The van der Waals surface area contributed by atoms with E-state index in [1.165, 1.54) is 25.0 Å². The van der Waals surface area contributed by atoms with E-state index in [9.17, 15) is 9.18 Å². The van der Waals surface area contributed by atoms with Crippen LogP contribution in [0.25, 0.3) is 0 Å². The largest absolute Gasteiger partial charge is 0.338 e. The molecule has 0 aliphatic carbocycles. The highest BCUT2D eigenvalue weighted by molar-refractivity contribution is 5.74. The Morgan fingerprint density at radius 1 is 1.25 bits per heavy atom. The van der Waals surface area contributed by atoms with Crippen LogP contribution < -0.4 is 10.6 Å². The molecule has 1 atom stereocenters. The first-order valence-corrected chi connectivity index (χ1v) is 7.40. The molecule has 1 rings (SSSR count). The lowest BCUT2D eigenvalue weighted by molar-refractivity contribution is 0.237. The molecule has 2 amide bonds. The van der Waals surface area contributed by atoms with Crippen LogP contribution in [-0.2, 0) is 6.42 Å². The minimum atomic E-state index is -0.236. The SMILES string of the molecule is CCCCCC(C)NC(=O)NCCc1ccc(F)cc1. The summed E-state index contributed by atoms with van der Waals surface area (Å²) in [6.07, 6.45) is 5.26. The molecule has 0 fully saturated rings. The maximum Gasteiger partial charge on any atom is 0.315 e. The van der Waals surface area contributed by atoms with Crippen LogP contribution in [0.15, 0.2) is 24.3 Å². The van der Waals surface area contributed by atoms with Gasteiger partial charge in [-0.1, -0.05) is 38.3 Å². The number of hydrogen-bond acceptors (Lipinski definition) is 1. The van der Waals surface area contributed by atoms with Gasteiger partial charge in [-0.15, -0.1) is 0 Å². The fourth-order valence-electron chi connectivity index (χ4n) is 2.02. The number of urea groups is 1. The van der Waals surface area contributed by atoms with Crippen molar-refractivity contribution >= 4 is 6.03 Å². The molecule has 0 saturated heterocycles. The van der Waals surface area contributed by atoms with Gasteiger partial charge in [0.1, 0.15) is 5.82 Å². The highest BCUT2D eigenvalue weighted by atomic mass is 19.1. The van der Waals surface area contributed by atoms with E-state index in [0.29, 0.717) is 13.0 Å². The van der Waals surface area contributed by atoms with E-state index in [0.717, 1.165) is 18.4 Å². The van der Waals surface area contributed by atoms with Crippen molar-refractivity contribution in [3.63, 3.8) is 0 Å². The highest BCUT2D eigenvalue weighted by Crippen LogP contribution is 2.03. The van der Waals surface area contributed by atoms with Gasteiger partial charge in [0.25, 0.3) is 0 Å². The van der Waals surface area contributed by atoms with Crippen LogP contribution in [0, 0.1) is 5.82 Å². The van der Waals surface area contributed by atoms with Crippen LogP contribution in [0.2, 0.25) is 0 Å². The van der Waals surface area contributed by atoms with Gasteiger partial charge in [-0.2, -0.15) is 0 Å². The zero-order chi connectivity index (χ0) is 14.8. The second-order valence-electron chi connectivity index (χ2n) is 5.17. The van der Waals surface area contributed by atoms with Crippen LogP contribution in [0.1, 0.15) is 45.1 Å². The first-order valence-electron chi connectivity index (χ1n) is 7.40. The number of carbonyl (C=O) groups excluding carboxylic acids is 1. The van der Waals surface area contributed by atoms with Gasteiger partial charge in [-0.3, -0.25) is 0 Å². The summed E-state index contributed by atoms with van der Waals surface area (Å²) in [5.74, 6) is -0.236. The summed E-state index contributed by atoms with van der Waals surface area (Å²) in [6, 6.07) is 6.42. The second kappa shape index (κ2) is 9.34. The molecule has 1 aromatic rings. The van der Waals surface area contributed by atoms with E-state index in [-0.39, 0.29) is 17.9 Å². The molecule has 0 radical (unpaired) electrons. The average Bonchev–Trinajstić information content (AvgIpc) is 2.41. The second-order valence-corrected chi connectivity index (χ2v) is 5.17. The number of rotatable bonds is 8. The van der Waals surface area contributed by atoms with Gasteiger partial charge in [0.2, 0.25) is 0 Å². The Kier molecular flexibility index (Phi) is 7.70. The van der Waals surface area contributed by atoms with Crippen molar-refractivity contribution in [3.05, 3.63) is 35.6 Å². The van der Waals surface area contributed by atoms with Crippen molar-refractivity contribution in [1.82, 2.24) is 10.6 Å². The molecule has 3 nitrogen and oxygen atoms in total. The van der Waals surface area contributed by atoms with Crippen LogP contribution in [0.3, 0.4) is 0 Å². The van der Waals surface area contributed by atoms with E-state index >= 15 is 0 Å². The zero-order valence-electron chi connectivity index (χ0n) is 12.4. The molecular formula is C16H25FN2O. The van der Waals surface area contributed by atoms with E-state index in [1.807, 2.05) is 6.92 Å². The Hall–Kier alpha value is -1.58. The molecule has 0 aliphatic rings. The quantitative estimate of drug-likeness (QED) is 0.701. The topological polar surface area (TPSA) is 41.1 Å². The van der Waals surface area contributed by atoms with Crippen LogP contribution in [-0.4, -0.2) is 18.6 Å². The first-order chi connectivity index (χ1) is 9.61. The van der Waals surface area contributed by atoms with Gasteiger partial charge < -0.3 is 10.6 Å². The van der Waals surface area contributed by atoms with Gasteiger partial charge in [0.05, 0.1) is 0 Å². The van der Waals surface area contributed by atoms with Gasteiger partial charge >= 0.3 is 6.03 Å². The molecule has 112 valence electrons. The lowest BCUT2D eigenvalue weighted by Crippen LogP contribution is -2.41. The number of nitrogens with one attached hydrogen (secondary N) is 2. The molecule has 1 aromatic carbocycles. The number of carbonyl (C=O) groups is 1. The summed E-state index contributed by atoms with van der Waals surface area (Å²) >= 11 is 0. The third kappa shape index (κ3) is 7.12. The number of hydrogen-bond donors (Lipinski definition) is 2. The molecular weight excluding hydrogens is 255 g/mol. The zero-order valence-corrected chi connectivity index (χ0v) is 12.4. The molecule has 4 heteroatoms. The summed E-state index contributed by atoms with van der Waals surface area (Å²) in [5.41, 5.74) is 1.02. The van der Waals surface area contributed by atoms with E-state index in [4.69, 9.17) is 0 Å². The third-order valence-electron chi connectivity index (χ3n) is 3.23. The van der Waals surface area contributed by atoms with E-state index < -0.39 is 0 Å². The number of unbranched alkanes of at least 4 members (excludes halogenated alkanes) is 2. The Balaban J connectivity index is 2.14. The molecule has 0 bridgehead atoms. The monoisotopic (exact) mass is 280 g/mol. The minimum Gasteiger partial charge on any atom is -0.338 e. The highest BCUT2D eigenvalue weighted by Gasteiger charge is 2.06. The maximum atomic E-state index is 12.7.